The molecule has 1 N–H and O–H groups in total. The average molecular weight is 314 g/mol. The molecule has 108 valence electrons. The van der Waals surface area contributed by atoms with Crippen LogP contribution < -0.4 is 5.32 Å². The largest absolute Gasteiger partial charge is 0.383 e. The molecule has 0 unspecified atom stereocenters. The SMILES string of the molecule is COCCNCc1nccn1Cc1cc(Cl)ccc1Cl. The van der Waals surface area contributed by atoms with E-state index in [2.05, 4.69) is 14.9 Å². The van der Waals surface area contributed by atoms with E-state index in [9.17, 15) is 0 Å². The number of methoxy groups -OCH3 is 1. The van der Waals surface area contributed by atoms with Crippen LogP contribution in [0.4, 0.5) is 0 Å². The van der Waals surface area contributed by atoms with Gasteiger partial charge in [0.15, 0.2) is 0 Å². The lowest BCUT2D eigenvalue weighted by Crippen LogP contribution is -2.21. The molecular weight excluding hydrogens is 297 g/mol. The number of hydrogen-bond acceptors (Lipinski definition) is 3. The third-order valence-electron chi connectivity index (χ3n) is 2.92. The van der Waals surface area contributed by atoms with Gasteiger partial charge in [0.25, 0.3) is 0 Å². The van der Waals surface area contributed by atoms with Crippen molar-refractivity contribution in [2.45, 2.75) is 13.1 Å². The topological polar surface area (TPSA) is 39.1 Å². The summed E-state index contributed by atoms with van der Waals surface area (Å²) in [5, 5.41) is 4.67. The van der Waals surface area contributed by atoms with Crippen molar-refractivity contribution in [3.05, 3.63) is 52.0 Å². The maximum atomic E-state index is 6.19. The predicted molar refractivity (Wildman–Crippen MR) is 81.4 cm³/mol. The van der Waals surface area contributed by atoms with Crippen LogP contribution in [-0.2, 0) is 17.8 Å². The molecule has 0 aliphatic rings. The van der Waals surface area contributed by atoms with Crippen molar-refractivity contribution in [3.8, 4) is 0 Å². The van der Waals surface area contributed by atoms with Crippen molar-refractivity contribution < 1.29 is 4.74 Å². The number of hydrogen-bond donors (Lipinski definition) is 1. The van der Waals surface area contributed by atoms with Crippen molar-refractivity contribution >= 4 is 23.2 Å². The summed E-state index contributed by atoms with van der Waals surface area (Å²) < 4.78 is 7.05. The zero-order valence-electron chi connectivity index (χ0n) is 11.3. The molecule has 2 rings (SSSR count). The van der Waals surface area contributed by atoms with Crippen LogP contribution in [0.15, 0.2) is 30.6 Å². The normalized spacial score (nSPS) is 10.9. The van der Waals surface area contributed by atoms with Gasteiger partial charge in [0, 0.05) is 36.1 Å². The van der Waals surface area contributed by atoms with Gasteiger partial charge >= 0.3 is 0 Å². The van der Waals surface area contributed by atoms with E-state index in [0.29, 0.717) is 29.7 Å². The van der Waals surface area contributed by atoms with Crippen molar-refractivity contribution in [1.29, 1.82) is 0 Å². The molecule has 0 saturated carbocycles. The number of halogens is 2. The van der Waals surface area contributed by atoms with E-state index >= 15 is 0 Å². The summed E-state index contributed by atoms with van der Waals surface area (Å²) >= 11 is 12.2. The Morgan fingerprint density at radius 3 is 3.00 bits per heavy atom. The molecule has 0 amide bonds. The van der Waals surface area contributed by atoms with E-state index in [4.69, 9.17) is 27.9 Å². The van der Waals surface area contributed by atoms with Crippen LogP contribution >= 0.6 is 23.2 Å². The van der Waals surface area contributed by atoms with Crippen LogP contribution in [-0.4, -0.2) is 29.8 Å². The molecule has 20 heavy (non-hydrogen) atoms. The van der Waals surface area contributed by atoms with Crippen molar-refractivity contribution in [2.24, 2.45) is 0 Å². The minimum absolute atomic E-state index is 0.653. The molecule has 1 aromatic heterocycles. The highest BCUT2D eigenvalue weighted by molar-refractivity contribution is 6.33. The van der Waals surface area contributed by atoms with Gasteiger partial charge in [-0.25, -0.2) is 4.98 Å². The van der Waals surface area contributed by atoms with E-state index in [1.165, 1.54) is 0 Å². The Bertz CT molecular complexity index is 557. The van der Waals surface area contributed by atoms with Crippen LogP contribution in [0.1, 0.15) is 11.4 Å². The second kappa shape index (κ2) is 7.64. The Hall–Kier alpha value is -1.07. The van der Waals surface area contributed by atoms with Gasteiger partial charge in [-0.3, -0.25) is 0 Å². The molecule has 0 atom stereocenters. The molecule has 0 spiro atoms. The van der Waals surface area contributed by atoms with Crippen LogP contribution in [0.5, 0.6) is 0 Å². The highest BCUT2D eigenvalue weighted by atomic mass is 35.5. The molecule has 0 bridgehead atoms. The maximum Gasteiger partial charge on any atom is 0.122 e. The second-order valence-corrected chi connectivity index (χ2v) is 5.22. The van der Waals surface area contributed by atoms with Gasteiger partial charge in [-0.1, -0.05) is 23.2 Å². The number of rotatable bonds is 7. The molecule has 6 heteroatoms. The summed E-state index contributed by atoms with van der Waals surface area (Å²) in [6.45, 7) is 2.82. The Balaban J connectivity index is 2.02. The van der Waals surface area contributed by atoms with Crippen molar-refractivity contribution in [2.75, 3.05) is 20.3 Å². The molecule has 2 aromatic rings. The summed E-state index contributed by atoms with van der Waals surface area (Å²) in [5.41, 5.74) is 0.982. The number of nitrogens with one attached hydrogen (secondary N) is 1. The smallest absolute Gasteiger partial charge is 0.122 e. The molecule has 0 radical (unpaired) electrons. The number of benzene rings is 1. The maximum absolute atomic E-state index is 6.19. The lowest BCUT2D eigenvalue weighted by atomic mass is 10.2. The Morgan fingerprint density at radius 2 is 2.20 bits per heavy atom. The van der Waals surface area contributed by atoms with Crippen LogP contribution in [0, 0.1) is 0 Å². The highest BCUT2D eigenvalue weighted by Crippen LogP contribution is 2.21. The lowest BCUT2D eigenvalue weighted by molar-refractivity contribution is 0.199. The Labute approximate surface area is 128 Å². The number of ether oxygens (including phenoxy) is 1. The first-order valence-corrected chi connectivity index (χ1v) is 7.10. The number of imidazole rings is 1. The second-order valence-electron chi connectivity index (χ2n) is 4.38. The van der Waals surface area contributed by atoms with Gasteiger partial charge in [0.1, 0.15) is 5.82 Å². The molecular formula is C14H17Cl2N3O. The molecule has 1 aromatic carbocycles. The summed E-state index contributed by atoms with van der Waals surface area (Å²) in [5.74, 6) is 0.956. The molecule has 0 aliphatic heterocycles. The molecule has 1 heterocycles. The zero-order chi connectivity index (χ0) is 14.4. The fourth-order valence-corrected chi connectivity index (χ4v) is 2.25. The van der Waals surface area contributed by atoms with Gasteiger partial charge in [0.2, 0.25) is 0 Å². The lowest BCUT2D eigenvalue weighted by Gasteiger charge is -2.10. The van der Waals surface area contributed by atoms with E-state index in [1.54, 1.807) is 19.4 Å². The minimum Gasteiger partial charge on any atom is -0.383 e. The van der Waals surface area contributed by atoms with Crippen LogP contribution in [0.3, 0.4) is 0 Å². The summed E-state index contributed by atoms with van der Waals surface area (Å²) in [7, 11) is 1.68. The number of nitrogens with zero attached hydrogens (tertiary/aromatic N) is 2. The first-order chi connectivity index (χ1) is 9.70. The molecule has 0 saturated heterocycles. The first-order valence-electron chi connectivity index (χ1n) is 6.34. The fraction of sp³-hybridized carbons (Fsp3) is 0.357. The van der Waals surface area contributed by atoms with E-state index in [-0.39, 0.29) is 0 Å². The molecule has 0 aliphatic carbocycles. The van der Waals surface area contributed by atoms with Gasteiger partial charge in [-0.2, -0.15) is 0 Å². The Morgan fingerprint density at radius 1 is 1.35 bits per heavy atom. The zero-order valence-corrected chi connectivity index (χ0v) is 12.8. The summed E-state index contributed by atoms with van der Waals surface area (Å²) in [4.78, 5) is 4.35. The van der Waals surface area contributed by atoms with Gasteiger partial charge in [-0.15, -0.1) is 0 Å². The summed E-state index contributed by atoms with van der Waals surface area (Å²) in [6.07, 6.45) is 3.72. The molecule has 0 fully saturated rings. The summed E-state index contributed by atoms with van der Waals surface area (Å²) in [6, 6.07) is 5.48. The predicted octanol–water partition coefficient (Wildman–Crippen LogP) is 2.97. The van der Waals surface area contributed by atoms with Crippen molar-refractivity contribution in [1.82, 2.24) is 14.9 Å². The van der Waals surface area contributed by atoms with Gasteiger partial charge < -0.3 is 14.6 Å². The van der Waals surface area contributed by atoms with Gasteiger partial charge in [-0.05, 0) is 23.8 Å². The minimum atomic E-state index is 0.653. The van der Waals surface area contributed by atoms with Crippen LogP contribution in [0.25, 0.3) is 0 Å². The van der Waals surface area contributed by atoms with Crippen molar-refractivity contribution in [3.63, 3.8) is 0 Å². The average Bonchev–Trinajstić information content (AvgIpc) is 2.86. The quantitative estimate of drug-likeness (QED) is 0.799. The van der Waals surface area contributed by atoms with E-state index in [1.807, 2.05) is 18.3 Å². The first kappa shape index (κ1) is 15.3. The third-order valence-corrected chi connectivity index (χ3v) is 3.52. The monoisotopic (exact) mass is 313 g/mol. The number of aromatic nitrogens is 2. The van der Waals surface area contributed by atoms with E-state index < -0.39 is 0 Å². The fourth-order valence-electron chi connectivity index (χ4n) is 1.87. The molecule has 4 nitrogen and oxygen atoms in total. The van der Waals surface area contributed by atoms with Gasteiger partial charge in [0.05, 0.1) is 19.7 Å². The van der Waals surface area contributed by atoms with Crippen LogP contribution in [0.2, 0.25) is 10.0 Å². The Kier molecular flexibility index (Phi) is 5.86. The highest BCUT2D eigenvalue weighted by Gasteiger charge is 2.06. The van der Waals surface area contributed by atoms with E-state index in [0.717, 1.165) is 17.9 Å². The third kappa shape index (κ3) is 4.21. The standard InChI is InChI=1S/C14H17Cl2N3O/c1-20-7-5-17-9-14-18-4-6-19(14)10-11-8-12(15)2-3-13(11)16/h2-4,6,8,17H,5,7,9-10H2,1H3.